The molecule has 0 aliphatic rings. The van der Waals surface area contributed by atoms with Crippen molar-refractivity contribution in [1.82, 2.24) is 0 Å². The van der Waals surface area contributed by atoms with E-state index in [4.69, 9.17) is 10.2 Å². The quantitative estimate of drug-likeness (QED) is 0.511. The fourth-order valence-electron chi connectivity index (χ4n) is 1.06. The zero-order chi connectivity index (χ0) is 11.6. The lowest BCUT2D eigenvalue weighted by Crippen LogP contribution is -2.01. The number of aromatic carboxylic acids is 1. The summed E-state index contributed by atoms with van der Waals surface area (Å²) in [5.74, 6) is -3.08. The molecule has 0 aromatic heterocycles. The Morgan fingerprint density at radius 3 is 2.13 bits per heavy atom. The number of aromatic hydroxyl groups is 2. The molecule has 15 heavy (non-hydrogen) atoms. The Morgan fingerprint density at radius 2 is 1.67 bits per heavy atom. The van der Waals surface area contributed by atoms with Crippen molar-refractivity contribution in [1.29, 1.82) is 0 Å². The van der Waals surface area contributed by atoms with E-state index in [1.54, 1.807) is 0 Å². The highest BCUT2D eigenvalue weighted by atomic mass is 16.4. The number of hydrogen-bond acceptors (Lipinski definition) is 4. The monoisotopic (exact) mass is 208 g/mol. The predicted molar refractivity (Wildman–Crippen MR) is 51.3 cm³/mol. The van der Waals surface area contributed by atoms with Crippen LogP contribution in [0.1, 0.15) is 20.7 Å². The van der Waals surface area contributed by atoms with E-state index in [0.717, 1.165) is 18.2 Å². The summed E-state index contributed by atoms with van der Waals surface area (Å²) >= 11 is 0. The van der Waals surface area contributed by atoms with Gasteiger partial charge in [0, 0.05) is 6.07 Å². The van der Waals surface area contributed by atoms with E-state index in [-0.39, 0.29) is 5.56 Å². The second-order valence-electron chi connectivity index (χ2n) is 2.76. The zero-order valence-electron chi connectivity index (χ0n) is 7.60. The van der Waals surface area contributed by atoms with E-state index in [2.05, 4.69) is 6.58 Å². The van der Waals surface area contributed by atoms with Crippen LogP contribution < -0.4 is 0 Å². The Bertz CT molecular complexity index is 447. The second kappa shape index (κ2) is 3.83. The number of phenols is 2. The van der Waals surface area contributed by atoms with Crippen LogP contribution in [0.15, 0.2) is 24.8 Å². The molecule has 0 saturated heterocycles. The fourth-order valence-corrected chi connectivity index (χ4v) is 1.06. The Labute approximate surface area is 84.9 Å². The molecule has 0 aliphatic heterocycles. The topological polar surface area (TPSA) is 94.8 Å². The van der Waals surface area contributed by atoms with Gasteiger partial charge in [-0.25, -0.2) is 4.79 Å². The SMILES string of the molecule is C=CC(=O)c1cc(C(=O)O)c(O)cc1O. The first kappa shape index (κ1) is 10.8. The van der Waals surface area contributed by atoms with Gasteiger partial charge in [-0.1, -0.05) is 6.58 Å². The van der Waals surface area contributed by atoms with Gasteiger partial charge in [-0.3, -0.25) is 4.79 Å². The standard InChI is InChI=1S/C10H8O5/c1-2-7(11)5-3-6(10(14)15)9(13)4-8(5)12/h2-4,12-13H,1H2,(H,14,15). The van der Waals surface area contributed by atoms with Crippen molar-refractivity contribution in [3.05, 3.63) is 35.9 Å². The Morgan fingerprint density at radius 1 is 1.13 bits per heavy atom. The van der Waals surface area contributed by atoms with Crippen LogP contribution in [0.4, 0.5) is 0 Å². The number of carbonyl (C=O) groups is 2. The number of phenolic OH excluding ortho intramolecular Hbond substituents is 1. The molecule has 0 saturated carbocycles. The van der Waals surface area contributed by atoms with E-state index in [1.807, 2.05) is 0 Å². The highest BCUT2D eigenvalue weighted by Gasteiger charge is 2.16. The van der Waals surface area contributed by atoms with E-state index < -0.39 is 28.8 Å². The van der Waals surface area contributed by atoms with Crippen molar-refractivity contribution < 1.29 is 24.9 Å². The van der Waals surface area contributed by atoms with E-state index in [1.165, 1.54) is 0 Å². The van der Waals surface area contributed by atoms with Crippen molar-refractivity contribution >= 4 is 11.8 Å². The predicted octanol–water partition coefficient (Wildman–Crippen LogP) is 1.16. The molecule has 0 aliphatic carbocycles. The lowest BCUT2D eigenvalue weighted by Gasteiger charge is -2.04. The van der Waals surface area contributed by atoms with Crippen LogP contribution in [-0.4, -0.2) is 27.1 Å². The summed E-state index contributed by atoms with van der Waals surface area (Å²) in [6.45, 7) is 3.20. The summed E-state index contributed by atoms with van der Waals surface area (Å²) in [6, 6.07) is 1.71. The van der Waals surface area contributed by atoms with Crippen molar-refractivity contribution in [2.24, 2.45) is 0 Å². The molecule has 0 fully saturated rings. The van der Waals surface area contributed by atoms with E-state index >= 15 is 0 Å². The average molecular weight is 208 g/mol. The third kappa shape index (κ3) is 1.96. The van der Waals surface area contributed by atoms with Gasteiger partial charge in [0.1, 0.15) is 17.1 Å². The minimum atomic E-state index is -1.38. The van der Waals surface area contributed by atoms with Gasteiger partial charge in [0.25, 0.3) is 0 Å². The number of rotatable bonds is 3. The Balaban J connectivity index is 3.42. The van der Waals surface area contributed by atoms with Crippen molar-refractivity contribution in [2.45, 2.75) is 0 Å². The maximum Gasteiger partial charge on any atom is 0.339 e. The molecule has 0 unspecified atom stereocenters. The van der Waals surface area contributed by atoms with Crippen molar-refractivity contribution in [3.63, 3.8) is 0 Å². The number of allylic oxidation sites excluding steroid dienone is 1. The summed E-state index contributed by atoms with van der Waals surface area (Å²) in [6.07, 6.45) is 0.942. The summed E-state index contributed by atoms with van der Waals surface area (Å²) in [5, 5.41) is 27.1. The van der Waals surface area contributed by atoms with Crippen molar-refractivity contribution in [2.75, 3.05) is 0 Å². The van der Waals surface area contributed by atoms with Crippen LogP contribution in [0.25, 0.3) is 0 Å². The van der Waals surface area contributed by atoms with E-state index in [0.29, 0.717) is 0 Å². The molecule has 1 rings (SSSR count). The number of benzene rings is 1. The molecule has 0 atom stereocenters. The normalized spacial score (nSPS) is 9.60. The summed E-state index contributed by atoms with van der Waals surface area (Å²) < 4.78 is 0. The highest BCUT2D eigenvalue weighted by Crippen LogP contribution is 2.27. The first-order valence-corrected chi connectivity index (χ1v) is 3.93. The molecule has 1 aromatic rings. The van der Waals surface area contributed by atoms with Gasteiger partial charge >= 0.3 is 5.97 Å². The number of carboxylic acids is 1. The first-order valence-electron chi connectivity index (χ1n) is 3.93. The Kier molecular flexibility index (Phi) is 2.75. The zero-order valence-corrected chi connectivity index (χ0v) is 7.60. The minimum absolute atomic E-state index is 0.208. The highest BCUT2D eigenvalue weighted by molar-refractivity contribution is 6.08. The van der Waals surface area contributed by atoms with Crippen LogP contribution in [0.5, 0.6) is 11.5 Å². The summed E-state index contributed by atoms with van der Waals surface area (Å²) in [5.41, 5.74) is -0.654. The second-order valence-corrected chi connectivity index (χ2v) is 2.76. The minimum Gasteiger partial charge on any atom is -0.507 e. The van der Waals surface area contributed by atoms with Gasteiger partial charge in [-0.2, -0.15) is 0 Å². The van der Waals surface area contributed by atoms with Crippen LogP contribution >= 0.6 is 0 Å². The number of carboxylic acid groups (broad SMARTS) is 1. The van der Waals surface area contributed by atoms with Crippen molar-refractivity contribution in [3.8, 4) is 11.5 Å². The number of ketones is 1. The molecule has 78 valence electrons. The van der Waals surface area contributed by atoms with Gasteiger partial charge in [-0.05, 0) is 12.1 Å². The molecule has 5 heteroatoms. The van der Waals surface area contributed by atoms with Gasteiger partial charge in [0.2, 0.25) is 0 Å². The lowest BCUT2D eigenvalue weighted by atomic mass is 10.0. The van der Waals surface area contributed by atoms with Gasteiger partial charge in [0.15, 0.2) is 5.78 Å². The summed E-state index contributed by atoms with van der Waals surface area (Å²) in [7, 11) is 0. The maximum atomic E-state index is 11.2. The molecule has 3 N–H and O–H groups in total. The molecule has 0 bridgehead atoms. The fraction of sp³-hybridized carbons (Fsp3) is 0. The molecule has 0 radical (unpaired) electrons. The first-order chi connectivity index (χ1) is 6.97. The van der Waals surface area contributed by atoms with Gasteiger partial charge in [-0.15, -0.1) is 0 Å². The average Bonchev–Trinajstić information content (AvgIpc) is 2.16. The van der Waals surface area contributed by atoms with Gasteiger partial charge < -0.3 is 15.3 Å². The molecular weight excluding hydrogens is 200 g/mol. The number of hydrogen-bond donors (Lipinski definition) is 3. The molecule has 0 heterocycles. The molecule has 1 aromatic carbocycles. The smallest absolute Gasteiger partial charge is 0.339 e. The number of carbonyl (C=O) groups excluding carboxylic acids is 1. The summed E-state index contributed by atoms with van der Waals surface area (Å²) in [4.78, 5) is 21.8. The van der Waals surface area contributed by atoms with Crippen LogP contribution in [-0.2, 0) is 0 Å². The lowest BCUT2D eigenvalue weighted by molar-refractivity contribution is 0.0693. The molecule has 0 amide bonds. The van der Waals surface area contributed by atoms with E-state index in [9.17, 15) is 14.7 Å². The molecule has 0 spiro atoms. The maximum absolute atomic E-state index is 11.2. The van der Waals surface area contributed by atoms with Crippen LogP contribution in [0, 0.1) is 0 Å². The molecule has 5 nitrogen and oxygen atoms in total. The van der Waals surface area contributed by atoms with Crippen LogP contribution in [0.3, 0.4) is 0 Å². The largest absolute Gasteiger partial charge is 0.507 e. The van der Waals surface area contributed by atoms with Gasteiger partial charge in [0.05, 0.1) is 5.56 Å². The third-order valence-corrected chi connectivity index (χ3v) is 1.80. The third-order valence-electron chi connectivity index (χ3n) is 1.80. The molecular formula is C10H8O5. The van der Waals surface area contributed by atoms with Crippen LogP contribution in [0.2, 0.25) is 0 Å². The Hall–Kier alpha value is -2.30.